The molecule has 212 valence electrons. The van der Waals surface area contributed by atoms with Gasteiger partial charge in [-0.25, -0.2) is 0 Å². The number of hydrogen-bond donors (Lipinski definition) is 0. The van der Waals surface area contributed by atoms with E-state index >= 15 is 0 Å². The van der Waals surface area contributed by atoms with Gasteiger partial charge in [-0.15, -0.1) is 0 Å². The molecule has 35 heavy (non-hydrogen) atoms. The summed E-state index contributed by atoms with van der Waals surface area (Å²) in [4.78, 5) is 0. The minimum absolute atomic E-state index is 0.541. The van der Waals surface area contributed by atoms with E-state index in [9.17, 15) is 0 Å². The number of unbranched alkanes of at least 4 members (excludes halogenated alkanes) is 3. The molecule has 0 aromatic rings. The molecular formula is C24H48I2O9. The van der Waals surface area contributed by atoms with Gasteiger partial charge in [0.1, 0.15) is 0 Å². The van der Waals surface area contributed by atoms with Gasteiger partial charge in [-0.3, -0.25) is 0 Å². The molecule has 0 fully saturated rings. The smallest absolute Gasteiger partial charge is 0.0701 e. The lowest BCUT2D eigenvalue weighted by atomic mass is 10.2. The van der Waals surface area contributed by atoms with Crippen molar-refractivity contribution in [3.8, 4) is 0 Å². The third-order valence-electron chi connectivity index (χ3n) is 4.37. The van der Waals surface area contributed by atoms with Crippen LogP contribution in [-0.4, -0.2) is 128 Å². The fourth-order valence-electron chi connectivity index (χ4n) is 2.57. The first-order valence-electron chi connectivity index (χ1n) is 12.7. The predicted octanol–water partition coefficient (Wildman–Crippen LogP) is 3.57. The Morgan fingerprint density at radius 2 is 0.486 bits per heavy atom. The third kappa shape index (κ3) is 35.1. The Morgan fingerprint density at radius 1 is 0.229 bits per heavy atom. The van der Waals surface area contributed by atoms with Crippen LogP contribution in [0.15, 0.2) is 0 Å². The molecule has 0 radical (unpaired) electrons. The second-order valence-corrected chi connectivity index (χ2v) is 9.46. The molecule has 0 amide bonds. The topological polar surface area (TPSA) is 83.1 Å². The van der Waals surface area contributed by atoms with Gasteiger partial charge in [0.05, 0.1) is 112 Å². The Balaban J connectivity index is 3.00. The van der Waals surface area contributed by atoms with Crippen molar-refractivity contribution in [2.75, 3.05) is 128 Å². The van der Waals surface area contributed by atoms with E-state index in [1.807, 2.05) is 0 Å². The molecule has 0 rings (SSSR count). The largest absolute Gasteiger partial charge is 0.379 e. The summed E-state index contributed by atoms with van der Waals surface area (Å²) in [6, 6.07) is 0. The molecule has 0 aromatic carbocycles. The van der Waals surface area contributed by atoms with Gasteiger partial charge >= 0.3 is 0 Å². The van der Waals surface area contributed by atoms with Crippen molar-refractivity contribution >= 4 is 45.2 Å². The van der Waals surface area contributed by atoms with Crippen LogP contribution in [0.3, 0.4) is 0 Å². The lowest BCUT2D eigenvalue weighted by molar-refractivity contribution is -0.0248. The van der Waals surface area contributed by atoms with Gasteiger partial charge in [0.15, 0.2) is 0 Å². The molecular weight excluding hydrogens is 686 g/mol. The lowest BCUT2D eigenvalue weighted by Crippen LogP contribution is -2.15. The Hall–Kier alpha value is 1.10. The quantitative estimate of drug-likeness (QED) is 0.0586. The van der Waals surface area contributed by atoms with Gasteiger partial charge in [0.2, 0.25) is 0 Å². The summed E-state index contributed by atoms with van der Waals surface area (Å²) < 4.78 is 51.3. The summed E-state index contributed by atoms with van der Waals surface area (Å²) in [5.74, 6) is 0. The molecule has 0 atom stereocenters. The monoisotopic (exact) mass is 734 g/mol. The third-order valence-corrected chi connectivity index (χ3v) is 5.57. The summed E-state index contributed by atoms with van der Waals surface area (Å²) >= 11 is 4.70. The van der Waals surface area contributed by atoms with Crippen LogP contribution in [0, 0.1) is 0 Å². The number of ether oxygens (including phenoxy) is 9. The van der Waals surface area contributed by atoms with Crippen LogP contribution in [-0.2, 0) is 42.6 Å². The van der Waals surface area contributed by atoms with E-state index in [2.05, 4.69) is 45.2 Å². The molecule has 0 saturated carbocycles. The molecule has 0 aromatic heterocycles. The molecule has 9 nitrogen and oxygen atoms in total. The minimum Gasteiger partial charge on any atom is -0.379 e. The van der Waals surface area contributed by atoms with Crippen LogP contribution in [0.2, 0.25) is 0 Å². The van der Waals surface area contributed by atoms with Crippen molar-refractivity contribution in [1.82, 2.24) is 0 Å². The summed E-state index contributed by atoms with van der Waals surface area (Å²) in [6.45, 7) is 10.8. The summed E-state index contributed by atoms with van der Waals surface area (Å²) in [6.07, 6.45) is 5.00. The molecule has 0 N–H and O–H groups in total. The van der Waals surface area contributed by atoms with E-state index in [1.54, 1.807) is 0 Å². The maximum absolute atomic E-state index is 5.55. The highest BCUT2D eigenvalue weighted by Crippen LogP contribution is 2.02. The average molecular weight is 734 g/mol. The Bertz CT molecular complexity index is 340. The first-order valence-corrected chi connectivity index (χ1v) is 15.8. The number of rotatable bonds is 32. The van der Waals surface area contributed by atoms with E-state index in [-0.39, 0.29) is 0 Å². The highest BCUT2D eigenvalue weighted by molar-refractivity contribution is 14.1. The highest BCUT2D eigenvalue weighted by atomic mass is 127. The van der Waals surface area contributed by atoms with Gasteiger partial charge < -0.3 is 42.6 Å². The van der Waals surface area contributed by atoms with E-state index < -0.39 is 0 Å². The predicted molar refractivity (Wildman–Crippen MR) is 154 cm³/mol. The Kier molecular flexibility index (Phi) is 36.2. The highest BCUT2D eigenvalue weighted by Gasteiger charge is 1.96. The van der Waals surface area contributed by atoms with E-state index in [0.29, 0.717) is 106 Å². The van der Waals surface area contributed by atoms with Gasteiger partial charge in [-0.05, 0) is 17.3 Å². The minimum atomic E-state index is 0.541. The Morgan fingerprint density at radius 3 is 0.771 bits per heavy atom. The fourth-order valence-corrected chi connectivity index (χ4v) is 3.42. The van der Waals surface area contributed by atoms with Crippen LogP contribution in [0.4, 0.5) is 0 Å². The fraction of sp³-hybridized carbons (Fsp3) is 1.00. The molecule has 0 aliphatic heterocycles. The number of hydrogen-bond acceptors (Lipinski definition) is 9. The van der Waals surface area contributed by atoms with Crippen molar-refractivity contribution in [3.05, 3.63) is 0 Å². The summed E-state index contributed by atoms with van der Waals surface area (Å²) in [5.41, 5.74) is 0. The summed E-state index contributed by atoms with van der Waals surface area (Å²) in [5, 5.41) is 0. The molecule has 0 saturated heterocycles. The van der Waals surface area contributed by atoms with Crippen molar-refractivity contribution in [1.29, 1.82) is 0 Å². The average Bonchev–Trinajstić information content (AvgIpc) is 2.87. The molecule has 0 heterocycles. The zero-order chi connectivity index (χ0) is 25.3. The summed E-state index contributed by atoms with van der Waals surface area (Å²) in [7, 11) is 0. The van der Waals surface area contributed by atoms with Crippen molar-refractivity contribution < 1.29 is 42.6 Å². The van der Waals surface area contributed by atoms with Crippen molar-refractivity contribution in [2.24, 2.45) is 0 Å². The van der Waals surface area contributed by atoms with Gasteiger partial charge in [-0.1, -0.05) is 58.0 Å². The van der Waals surface area contributed by atoms with Gasteiger partial charge in [-0.2, -0.15) is 0 Å². The maximum Gasteiger partial charge on any atom is 0.0701 e. The van der Waals surface area contributed by atoms with E-state index in [1.165, 1.54) is 23.7 Å². The molecule has 0 aliphatic carbocycles. The van der Waals surface area contributed by atoms with Crippen LogP contribution < -0.4 is 0 Å². The van der Waals surface area contributed by atoms with Crippen molar-refractivity contribution in [3.63, 3.8) is 0 Å². The first kappa shape index (κ1) is 36.1. The van der Waals surface area contributed by atoms with Gasteiger partial charge in [0, 0.05) is 11.0 Å². The van der Waals surface area contributed by atoms with E-state index in [0.717, 1.165) is 24.1 Å². The van der Waals surface area contributed by atoms with Crippen LogP contribution in [0.1, 0.15) is 25.7 Å². The van der Waals surface area contributed by atoms with E-state index in [4.69, 9.17) is 42.6 Å². The SMILES string of the molecule is ICCCCCCOCCOCCOCCOCCOCCOCCOCCOCCOCCI. The molecule has 0 unspecified atom stereocenters. The zero-order valence-electron chi connectivity index (χ0n) is 21.4. The second-order valence-electron chi connectivity index (χ2n) is 7.30. The van der Waals surface area contributed by atoms with Gasteiger partial charge in [0.25, 0.3) is 0 Å². The molecule has 0 spiro atoms. The molecule has 0 aliphatic rings. The number of alkyl halides is 2. The molecule has 11 heteroatoms. The standard InChI is InChI=1S/C24H48I2O9/c25-5-3-1-2-4-7-27-9-11-29-13-15-31-17-19-33-21-23-35-24-22-34-20-18-32-16-14-30-12-10-28-8-6-26/h1-24H2. The van der Waals surface area contributed by atoms with Crippen LogP contribution in [0.5, 0.6) is 0 Å². The number of halogens is 2. The lowest BCUT2D eigenvalue weighted by Gasteiger charge is -2.09. The van der Waals surface area contributed by atoms with Crippen molar-refractivity contribution in [2.45, 2.75) is 25.7 Å². The maximum atomic E-state index is 5.55. The van der Waals surface area contributed by atoms with Crippen LogP contribution in [0.25, 0.3) is 0 Å². The zero-order valence-corrected chi connectivity index (χ0v) is 25.7. The normalized spacial score (nSPS) is 11.5. The molecule has 0 bridgehead atoms. The Labute approximate surface area is 240 Å². The second kappa shape index (κ2) is 35.1. The van der Waals surface area contributed by atoms with Crippen LogP contribution >= 0.6 is 45.2 Å². The first-order chi connectivity index (χ1) is 17.4.